The van der Waals surface area contributed by atoms with Gasteiger partial charge in [-0.3, -0.25) is 4.79 Å². The Morgan fingerprint density at radius 3 is 2.87 bits per heavy atom. The van der Waals surface area contributed by atoms with Crippen molar-refractivity contribution < 1.29 is 13.6 Å². The normalized spacial score (nSPS) is 23.9. The fourth-order valence-corrected chi connectivity index (χ4v) is 1.86. The highest BCUT2D eigenvalue weighted by atomic mass is 19.3. The zero-order valence-corrected chi connectivity index (χ0v) is 8.67. The van der Waals surface area contributed by atoms with E-state index in [0.29, 0.717) is 6.42 Å². The highest BCUT2D eigenvalue weighted by Gasteiger charge is 2.45. The van der Waals surface area contributed by atoms with Gasteiger partial charge in [-0.15, -0.1) is 0 Å². The maximum Gasteiger partial charge on any atom is 0.267 e. The molecule has 0 radical (unpaired) electrons. The number of nitriles is 1. The van der Waals surface area contributed by atoms with Gasteiger partial charge in [-0.1, -0.05) is 6.92 Å². The molecule has 0 saturated carbocycles. The zero-order chi connectivity index (χ0) is 11.5. The Labute approximate surface area is 87.7 Å². The summed E-state index contributed by atoms with van der Waals surface area (Å²) >= 11 is 0. The first-order valence-electron chi connectivity index (χ1n) is 5.04. The SMILES string of the molecule is CCC1CC(F)(F)CN1C(=O)CCC#N. The first-order chi connectivity index (χ1) is 7.00. The van der Waals surface area contributed by atoms with Crippen LogP contribution < -0.4 is 0 Å². The molecule has 0 bridgehead atoms. The largest absolute Gasteiger partial charge is 0.333 e. The second-order valence-electron chi connectivity index (χ2n) is 3.80. The fourth-order valence-electron chi connectivity index (χ4n) is 1.86. The second-order valence-corrected chi connectivity index (χ2v) is 3.80. The zero-order valence-electron chi connectivity index (χ0n) is 8.67. The lowest BCUT2D eigenvalue weighted by Crippen LogP contribution is -2.36. The van der Waals surface area contributed by atoms with Crippen molar-refractivity contribution in [1.29, 1.82) is 5.26 Å². The molecule has 0 spiro atoms. The Bertz CT molecular complexity index is 286. The van der Waals surface area contributed by atoms with Crippen molar-refractivity contribution in [1.82, 2.24) is 4.90 Å². The summed E-state index contributed by atoms with van der Waals surface area (Å²) < 4.78 is 26.1. The number of carbonyl (C=O) groups is 1. The van der Waals surface area contributed by atoms with Crippen LogP contribution in [0.5, 0.6) is 0 Å². The third-order valence-corrected chi connectivity index (χ3v) is 2.62. The van der Waals surface area contributed by atoms with Gasteiger partial charge in [0.2, 0.25) is 5.91 Å². The standard InChI is InChI=1S/C10H14F2N2O/c1-2-8-6-10(11,12)7-14(8)9(15)4-3-5-13/h8H,2-4,6-7H2,1H3. The quantitative estimate of drug-likeness (QED) is 0.723. The maximum absolute atomic E-state index is 13.1. The molecule has 1 rings (SSSR count). The molecule has 0 N–H and O–H groups in total. The van der Waals surface area contributed by atoms with E-state index in [9.17, 15) is 13.6 Å². The van der Waals surface area contributed by atoms with Crippen LogP contribution in [0.15, 0.2) is 0 Å². The second kappa shape index (κ2) is 4.56. The molecule has 1 saturated heterocycles. The van der Waals surface area contributed by atoms with Crippen molar-refractivity contribution in [2.24, 2.45) is 0 Å². The van der Waals surface area contributed by atoms with Crippen LogP contribution in [0.2, 0.25) is 0 Å². The Kier molecular flexibility index (Phi) is 3.61. The summed E-state index contributed by atoms with van der Waals surface area (Å²) in [6.45, 7) is 1.30. The summed E-state index contributed by atoms with van der Waals surface area (Å²) in [5.41, 5.74) is 0. The van der Waals surface area contributed by atoms with Gasteiger partial charge in [0.05, 0.1) is 12.6 Å². The summed E-state index contributed by atoms with van der Waals surface area (Å²) in [7, 11) is 0. The van der Waals surface area contributed by atoms with Gasteiger partial charge >= 0.3 is 0 Å². The number of nitrogens with zero attached hydrogens (tertiary/aromatic N) is 2. The van der Waals surface area contributed by atoms with Crippen LogP contribution in [-0.4, -0.2) is 29.3 Å². The van der Waals surface area contributed by atoms with Crippen LogP contribution in [-0.2, 0) is 4.79 Å². The van der Waals surface area contributed by atoms with Crippen molar-refractivity contribution in [3.05, 3.63) is 0 Å². The fraction of sp³-hybridized carbons (Fsp3) is 0.800. The Morgan fingerprint density at radius 2 is 2.33 bits per heavy atom. The number of halogens is 2. The molecule has 1 fully saturated rings. The first-order valence-corrected chi connectivity index (χ1v) is 5.04. The summed E-state index contributed by atoms with van der Waals surface area (Å²) in [6.07, 6.45) is 0.427. The van der Waals surface area contributed by atoms with E-state index in [0.717, 1.165) is 0 Å². The number of carbonyl (C=O) groups excluding carboxylic acids is 1. The van der Waals surface area contributed by atoms with E-state index >= 15 is 0 Å². The van der Waals surface area contributed by atoms with Gasteiger partial charge in [0.15, 0.2) is 0 Å². The van der Waals surface area contributed by atoms with Crippen molar-refractivity contribution in [3.63, 3.8) is 0 Å². The van der Waals surface area contributed by atoms with E-state index in [2.05, 4.69) is 0 Å². The van der Waals surface area contributed by atoms with Gasteiger partial charge in [0, 0.05) is 25.3 Å². The average molecular weight is 216 g/mol. The number of rotatable bonds is 3. The van der Waals surface area contributed by atoms with Crippen LogP contribution in [0, 0.1) is 11.3 Å². The molecule has 1 heterocycles. The minimum absolute atomic E-state index is 0.0447. The lowest BCUT2D eigenvalue weighted by Gasteiger charge is -2.22. The molecule has 15 heavy (non-hydrogen) atoms. The summed E-state index contributed by atoms with van der Waals surface area (Å²) in [5, 5.41) is 8.31. The molecule has 0 aromatic rings. The highest BCUT2D eigenvalue weighted by molar-refractivity contribution is 5.77. The van der Waals surface area contributed by atoms with E-state index < -0.39 is 12.5 Å². The monoisotopic (exact) mass is 216 g/mol. The summed E-state index contributed by atoms with van der Waals surface area (Å²) in [4.78, 5) is 12.7. The van der Waals surface area contributed by atoms with Gasteiger partial charge in [-0.2, -0.15) is 5.26 Å². The Hall–Kier alpha value is -1.18. The number of hydrogen-bond donors (Lipinski definition) is 0. The lowest BCUT2D eigenvalue weighted by atomic mass is 10.1. The molecule has 1 unspecified atom stereocenters. The number of likely N-dealkylation sites (tertiary alicyclic amines) is 1. The predicted octanol–water partition coefficient (Wildman–Crippen LogP) is 1.94. The van der Waals surface area contributed by atoms with E-state index in [4.69, 9.17) is 5.26 Å². The molecule has 1 aliphatic heterocycles. The molecular formula is C10H14F2N2O. The number of amides is 1. The van der Waals surface area contributed by atoms with Gasteiger partial charge in [-0.05, 0) is 6.42 Å². The number of hydrogen-bond acceptors (Lipinski definition) is 2. The minimum atomic E-state index is -2.76. The van der Waals surface area contributed by atoms with Crippen LogP contribution in [0.4, 0.5) is 8.78 Å². The lowest BCUT2D eigenvalue weighted by molar-refractivity contribution is -0.133. The van der Waals surface area contributed by atoms with Crippen molar-refractivity contribution >= 4 is 5.91 Å². The van der Waals surface area contributed by atoms with E-state index in [-0.39, 0.29) is 31.2 Å². The van der Waals surface area contributed by atoms with E-state index in [1.807, 2.05) is 6.07 Å². The molecule has 5 heteroatoms. The van der Waals surface area contributed by atoms with Gasteiger partial charge in [0.1, 0.15) is 0 Å². The van der Waals surface area contributed by atoms with Crippen molar-refractivity contribution in [3.8, 4) is 6.07 Å². The maximum atomic E-state index is 13.1. The molecule has 1 amide bonds. The molecule has 0 aromatic heterocycles. The van der Waals surface area contributed by atoms with Gasteiger partial charge in [-0.25, -0.2) is 8.78 Å². The van der Waals surface area contributed by atoms with Gasteiger partial charge in [0.25, 0.3) is 5.92 Å². The van der Waals surface area contributed by atoms with Crippen LogP contribution in [0.3, 0.4) is 0 Å². The van der Waals surface area contributed by atoms with Crippen LogP contribution in [0.1, 0.15) is 32.6 Å². The molecule has 84 valence electrons. The molecule has 0 aliphatic carbocycles. The smallest absolute Gasteiger partial charge is 0.267 e. The Morgan fingerprint density at radius 1 is 1.67 bits per heavy atom. The average Bonchev–Trinajstić information content (AvgIpc) is 2.50. The predicted molar refractivity (Wildman–Crippen MR) is 50.2 cm³/mol. The third-order valence-electron chi connectivity index (χ3n) is 2.62. The highest BCUT2D eigenvalue weighted by Crippen LogP contribution is 2.33. The number of alkyl halides is 2. The van der Waals surface area contributed by atoms with E-state index in [1.54, 1.807) is 6.92 Å². The van der Waals surface area contributed by atoms with Crippen LogP contribution >= 0.6 is 0 Å². The summed E-state index contributed by atoms with van der Waals surface area (Å²) in [6, 6.07) is 1.47. The van der Waals surface area contributed by atoms with Gasteiger partial charge < -0.3 is 4.90 Å². The van der Waals surface area contributed by atoms with Crippen LogP contribution in [0.25, 0.3) is 0 Å². The molecule has 3 nitrogen and oxygen atoms in total. The third kappa shape index (κ3) is 2.88. The topological polar surface area (TPSA) is 44.1 Å². The van der Waals surface area contributed by atoms with Crippen molar-refractivity contribution in [2.45, 2.75) is 44.6 Å². The molecular weight excluding hydrogens is 202 g/mol. The molecule has 1 aliphatic rings. The summed E-state index contributed by atoms with van der Waals surface area (Å²) in [5.74, 6) is -3.09. The molecule has 1 atom stereocenters. The molecule has 0 aromatic carbocycles. The first kappa shape index (κ1) is 11.9. The Balaban J connectivity index is 2.61. The van der Waals surface area contributed by atoms with Crippen molar-refractivity contribution in [2.75, 3.05) is 6.54 Å². The van der Waals surface area contributed by atoms with E-state index in [1.165, 1.54) is 4.90 Å². The minimum Gasteiger partial charge on any atom is -0.333 e.